The Hall–Kier alpha value is -1.59. The van der Waals surface area contributed by atoms with Gasteiger partial charge >= 0.3 is 6.09 Å². The van der Waals surface area contributed by atoms with Crippen molar-refractivity contribution < 1.29 is 19.5 Å². The summed E-state index contributed by atoms with van der Waals surface area (Å²) in [5.41, 5.74) is 0. The number of rotatable bonds is 3. The number of nitrogens with zero attached hydrogens (tertiary/aromatic N) is 1. The van der Waals surface area contributed by atoms with E-state index in [2.05, 4.69) is 19.2 Å². The molecule has 0 aromatic heterocycles. The maximum absolute atomic E-state index is 12.3. The second kappa shape index (κ2) is 5.81. The normalized spacial score (nSPS) is 30.9. The van der Waals surface area contributed by atoms with Gasteiger partial charge < -0.3 is 15.3 Å². The van der Waals surface area contributed by atoms with Crippen LogP contribution in [0.2, 0.25) is 0 Å². The van der Waals surface area contributed by atoms with Gasteiger partial charge in [-0.25, -0.2) is 4.79 Å². The lowest BCUT2D eigenvalue weighted by molar-refractivity contribution is -0.136. The molecule has 2 amide bonds. The van der Waals surface area contributed by atoms with Crippen molar-refractivity contribution in [3.05, 3.63) is 0 Å². The first kappa shape index (κ1) is 14.8. The lowest BCUT2D eigenvalue weighted by Gasteiger charge is -2.39. The Bertz CT molecular complexity index is 421. The number of hydrogen-bond donors (Lipinski definition) is 2. The van der Waals surface area contributed by atoms with Crippen molar-refractivity contribution in [2.75, 3.05) is 6.54 Å². The van der Waals surface area contributed by atoms with E-state index in [0.717, 1.165) is 0 Å². The molecule has 112 valence electrons. The molecular weight excluding hydrogens is 260 g/mol. The van der Waals surface area contributed by atoms with Crippen molar-refractivity contribution in [2.24, 2.45) is 11.8 Å². The molecule has 20 heavy (non-hydrogen) atoms. The Labute approximate surface area is 118 Å². The summed E-state index contributed by atoms with van der Waals surface area (Å²) in [5.74, 6) is 0.650. The number of Topliss-reactive ketones (excluding diaryl/α,β-unsaturated/α-hetero) is 1. The molecule has 6 nitrogen and oxygen atoms in total. The maximum Gasteiger partial charge on any atom is 0.405 e. The van der Waals surface area contributed by atoms with Crippen molar-refractivity contribution in [1.29, 1.82) is 0 Å². The monoisotopic (exact) mass is 282 g/mol. The average molecular weight is 282 g/mol. The first-order valence-electron chi connectivity index (χ1n) is 7.21. The lowest BCUT2D eigenvalue weighted by Crippen LogP contribution is -2.49. The number of carbonyl (C=O) groups is 3. The van der Waals surface area contributed by atoms with Crippen molar-refractivity contribution in [3.8, 4) is 0 Å². The summed E-state index contributed by atoms with van der Waals surface area (Å²) in [5, 5.41) is 11.0. The number of likely N-dealkylation sites (tertiary alicyclic amines) is 1. The van der Waals surface area contributed by atoms with Gasteiger partial charge in [0.2, 0.25) is 5.91 Å². The molecule has 0 bridgehead atoms. The lowest BCUT2D eigenvalue weighted by atomic mass is 9.76. The number of carbonyl (C=O) groups excluding carboxylic acids is 2. The summed E-state index contributed by atoms with van der Waals surface area (Å²) in [6.07, 6.45) is 1.11. The molecule has 0 aromatic carbocycles. The molecule has 2 N–H and O–H groups in total. The van der Waals surface area contributed by atoms with Gasteiger partial charge in [-0.1, -0.05) is 13.8 Å². The first-order chi connectivity index (χ1) is 9.40. The van der Waals surface area contributed by atoms with Crippen LogP contribution in [-0.2, 0) is 9.59 Å². The van der Waals surface area contributed by atoms with Crippen LogP contribution in [0.1, 0.15) is 39.5 Å². The Morgan fingerprint density at radius 3 is 2.65 bits per heavy atom. The smallest absolute Gasteiger partial charge is 0.405 e. The molecule has 2 fully saturated rings. The summed E-state index contributed by atoms with van der Waals surface area (Å²) >= 11 is 0. The molecule has 6 heteroatoms. The largest absolute Gasteiger partial charge is 0.465 e. The van der Waals surface area contributed by atoms with E-state index in [1.54, 1.807) is 4.90 Å². The molecule has 1 saturated carbocycles. The highest BCUT2D eigenvalue weighted by molar-refractivity contribution is 5.88. The third kappa shape index (κ3) is 2.94. The van der Waals surface area contributed by atoms with Crippen LogP contribution in [0.25, 0.3) is 0 Å². The second-order valence-corrected chi connectivity index (χ2v) is 6.08. The molecule has 2 aliphatic rings. The summed E-state index contributed by atoms with van der Waals surface area (Å²) < 4.78 is 0. The highest BCUT2D eigenvalue weighted by Crippen LogP contribution is 2.34. The van der Waals surface area contributed by atoms with Crippen LogP contribution in [0.5, 0.6) is 0 Å². The average Bonchev–Trinajstić information content (AvgIpc) is 2.70. The molecule has 1 saturated heterocycles. The highest BCUT2D eigenvalue weighted by atomic mass is 16.4. The zero-order valence-electron chi connectivity index (χ0n) is 12.0. The number of amides is 2. The van der Waals surface area contributed by atoms with Gasteiger partial charge in [-0.05, 0) is 24.7 Å². The molecule has 0 aromatic rings. The van der Waals surface area contributed by atoms with Gasteiger partial charge in [-0.2, -0.15) is 0 Å². The van der Waals surface area contributed by atoms with E-state index in [1.807, 2.05) is 0 Å². The van der Waals surface area contributed by atoms with Crippen LogP contribution in [0.15, 0.2) is 0 Å². The highest BCUT2D eigenvalue weighted by Gasteiger charge is 2.42. The summed E-state index contributed by atoms with van der Waals surface area (Å²) in [6.45, 7) is 4.72. The fourth-order valence-corrected chi connectivity index (χ4v) is 3.41. The van der Waals surface area contributed by atoms with E-state index < -0.39 is 12.1 Å². The molecular formula is C14H22N2O4. The maximum atomic E-state index is 12.3. The summed E-state index contributed by atoms with van der Waals surface area (Å²) in [4.78, 5) is 36.4. The summed E-state index contributed by atoms with van der Waals surface area (Å²) in [6, 6.07) is -0.557. The van der Waals surface area contributed by atoms with Gasteiger partial charge in [-0.15, -0.1) is 0 Å². The van der Waals surface area contributed by atoms with Crippen LogP contribution in [-0.4, -0.2) is 46.4 Å². The molecule has 1 aliphatic heterocycles. The zero-order chi connectivity index (χ0) is 14.9. The molecule has 0 spiro atoms. The van der Waals surface area contributed by atoms with E-state index in [9.17, 15) is 14.4 Å². The van der Waals surface area contributed by atoms with Crippen molar-refractivity contribution in [1.82, 2.24) is 10.2 Å². The SMILES string of the molecule is CC(C)[C@@H]1CC(=O)CC[C@@H]1N1CC[C@H](NC(=O)O)C1=O. The van der Waals surface area contributed by atoms with Crippen LogP contribution >= 0.6 is 0 Å². The van der Waals surface area contributed by atoms with Crippen molar-refractivity contribution in [2.45, 2.75) is 51.6 Å². The molecule has 1 heterocycles. The Morgan fingerprint density at radius 1 is 1.35 bits per heavy atom. The fraction of sp³-hybridized carbons (Fsp3) is 0.786. The van der Waals surface area contributed by atoms with E-state index in [1.165, 1.54) is 0 Å². The van der Waals surface area contributed by atoms with Crippen LogP contribution < -0.4 is 5.32 Å². The van der Waals surface area contributed by atoms with Gasteiger partial charge in [-0.3, -0.25) is 9.59 Å². The topological polar surface area (TPSA) is 86.7 Å². The quantitative estimate of drug-likeness (QED) is 0.815. The van der Waals surface area contributed by atoms with E-state index in [4.69, 9.17) is 5.11 Å². The van der Waals surface area contributed by atoms with Gasteiger partial charge in [0.1, 0.15) is 11.8 Å². The molecule has 3 atom stereocenters. The molecule has 1 aliphatic carbocycles. The number of carboxylic acid groups (broad SMARTS) is 1. The van der Waals surface area contributed by atoms with Crippen molar-refractivity contribution >= 4 is 17.8 Å². The third-order valence-electron chi connectivity index (χ3n) is 4.47. The van der Waals surface area contributed by atoms with Crippen molar-refractivity contribution in [3.63, 3.8) is 0 Å². The number of nitrogens with one attached hydrogen (secondary N) is 1. The fourth-order valence-electron chi connectivity index (χ4n) is 3.41. The number of ketones is 1. The zero-order valence-corrected chi connectivity index (χ0v) is 12.0. The van der Waals surface area contributed by atoms with Crippen LogP contribution in [0.4, 0.5) is 4.79 Å². The first-order valence-corrected chi connectivity index (χ1v) is 7.21. The van der Waals surface area contributed by atoms with Crippen LogP contribution in [0.3, 0.4) is 0 Å². The predicted molar refractivity (Wildman–Crippen MR) is 72.3 cm³/mol. The number of hydrogen-bond acceptors (Lipinski definition) is 3. The van der Waals surface area contributed by atoms with E-state index >= 15 is 0 Å². The summed E-state index contributed by atoms with van der Waals surface area (Å²) in [7, 11) is 0. The van der Waals surface area contributed by atoms with Gasteiger partial charge in [0.15, 0.2) is 0 Å². The van der Waals surface area contributed by atoms with Gasteiger partial charge in [0.05, 0.1) is 0 Å². The van der Waals surface area contributed by atoms with Gasteiger partial charge in [0, 0.05) is 25.4 Å². The molecule has 0 radical (unpaired) electrons. The minimum absolute atomic E-state index is 0.0702. The van der Waals surface area contributed by atoms with E-state index in [0.29, 0.717) is 38.1 Å². The second-order valence-electron chi connectivity index (χ2n) is 6.08. The minimum Gasteiger partial charge on any atom is -0.465 e. The molecule has 2 rings (SSSR count). The van der Waals surface area contributed by atoms with E-state index in [-0.39, 0.29) is 23.7 Å². The molecule has 0 unspecified atom stereocenters. The predicted octanol–water partition coefficient (Wildman–Crippen LogP) is 1.25. The Kier molecular flexibility index (Phi) is 4.30. The Balaban J connectivity index is 2.08. The minimum atomic E-state index is -1.16. The van der Waals surface area contributed by atoms with Gasteiger partial charge in [0.25, 0.3) is 0 Å². The standard InChI is InChI=1S/C14H22N2O4/c1-8(2)10-7-9(17)3-4-12(10)16-6-5-11(13(16)18)15-14(19)20/h8,10-12,15H,3-7H2,1-2H3,(H,19,20)/t10-,11-,12-/m0/s1. The Morgan fingerprint density at radius 2 is 2.05 bits per heavy atom. The van der Waals surface area contributed by atoms with Crippen LogP contribution in [0, 0.1) is 11.8 Å². The third-order valence-corrected chi connectivity index (χ3v) is 4.47.